The molecule has 6 aromatic rings. The summed E-state index contributed by atoms with van der Waals surface area (Å²) < 4.78 is 2.50. The van der Waals surface area contributed by atoms with Gasteiger partial charge in [-0.1, -0.05) is 103 Å². The van der Waals surface area contributed by atoms with Crippen molar-refractivity contribution in [1.29, 1.82) is 0 Å². The summed E-state index contributed by atoms with van der Waals surface area (Å²) in [6.45, 7) is 0. The molecule has 0 amide bonds. The average Bonchev–Trinajstić information content (AvgIpc) is 3.47. The fraction of sp³-hybridized carbons (Fsp3) is 0.244. The summed E-state index contributed by atoms with van der Waals surface area (Å²) in [4.78, 5) is 15.2. The molecule has 4 aliphatic carbocycles. The zero-order valence-electron chi connectivity index (χ0n) is 25.4. The summed E-state index contributed by atoms with van der Waals surface area (Å²) in [7, 11) is 0. The smallest absolute Gasteiger partial charge is 0.163 e. The Balaban J connectivity index is 1.02. The molecule has 3 saturated carbocycles. The molecule has 0 radical (unpaired) electrons. The van der Waals surface area contributed by atoms with Gasteiger partial charge < -0.3 is 4.57 Å². The molecule has 2 heterocycles. The van der Waals surface area contributed by atoms with Gasteiger partial charge in [-0.2, -0.15) is 0 Å². The molecule has 4 heteroatoms. The van der Waals surface area contributed by atoms with Crippen molar-refractivity contribution >= 4 is 17.0 Å². The second-order valence-corrected chi connectivity index (χ2v) is 13.1. The maximum Gasteiger partial charge on any atom is 0.163 e. The van der Waals surface area contributed by atoms with Crippen molar-refractivity contribution in [3.8, 4) is 28.5 Å². The third-order valence-electron chi connectivity index (χ3n) is 10.6. The van der Waals surface area contributed by atoms with Crippen molar-refractivity contribution < 1.29 is 0 Å². The van der Waals surface area contributed by atoms with Crippen LogP contribution in [0.4, 0.5) is 0 Å². The number of benzene rings is 4. The van der Waals surface area contributed by atoms with Crippen LogP contribution in [0.25, 0.3) is 45.4 Å². The third-order valence-corrected chi connectivity index (χ3v) is 10.6. The topological polar surface area (TPSA) is 43.6 Å². The van der Waals surface area contributed by atoms with Crippen molar-refractivity contribution in [2.24, 2.45) is 11.8 Å². The Kier molecular flexibility index (Phi) is 6.47. The minimum absolute atomic E-state index is 0.373. The van der Waals surface area contributed by atoms with Gasteiger partial charge in [0.1, 0.15) is 5.82 Å². The number of fused-ring (bicyclic) bond motifs is 6. The number of aromatic nitrogens is 4. The Morgan fingerprint density at radius 1 is 0.600 bits per heavy atom. The molecular formula is C41H36N4. The summed E-state index contributed by atoms with van der Waals surface area (Å²) in [6.07, 6.45) is 11.7. The molecule has 45 heavy (non-hydrogen) atoms. The predicted octanol–water partition coefficient (Wildman–Crippen LogP) is 9.80. The highest BCUT2D eigenvalue weighted by molar-refractivity contribution is 5.93. The Morgan fingerprint density at radius 3 is 1.89 bits per heavy atom. The van der Waals surface area contributed by atoms with E-state index in [1.165, 1.54) is 52.7 Å². The highest BCUT2D eigenvalue weighted by atomic mass is 15.0. The van der Waals surface area contributed by atoms with E-state index in [9.17, 15) is 0 Å². The Morgan fingerprint density at radius 2 is 1.22 bits per heavy atom. The summed E-state index contributed by atoms with van der Waals surface area (Å²) >= 11 is 0. The lowest BCUT2D eigenvalue weighted by Crippen LogP contribution is -2.36. The Bertz CT molecular complexity index is 1970. The van der Waals surface area contributed by atoms with Gasteiger partial charge in [-0.05, 0) is 80.0 Å². The number of rotatable bonds is 5. The van der Waals surface area contributed by atoms with E-state index in [0.29, 0.717) is 23.7 Å². The lowest BCUT2D eigenvalue weighted by molar-refractivity contribution is 0.113. The third kappa shape index (κ3) is 4.63. The van der Waals surface area contributed by atoms with Crippen molar-refractivity contribution in [3.63, 3.8) is 0 Å². The van der Waals surface area contributed by atoms with E-state index in [1.807, 2.05) is 12.1 Å². The molecule has 4 unspecified atom stereocenters. The SMILES string of the molecule is C1=Cc2c(n(-c3ccc(C4CC5CCC4CC5c4nc(-c5ccccc5)nc(-c5ccccc5)n4)cc3)c3ccccc23)CC1. The van der Waals surface area contributed by atoms with Crippen LogP contribution in [-0.4, -0.2) is 19.5 Å². The zero-order chi connectivity index (χ0) is 29.7. The van der Waals surface area contributed by atoms with Gasteiger partial charge in [-0.15, -0.1) is 0 Å². The molecule has 220 valence electrons. The van der Waals surface area contributed by atoms with Gasteiger partial charge in [-0.25, -0.2) is 15.0 Å². The van der Waals surface area contributed by atoms with E-state index in [2.05, 4.69) is 114 Å². The first-order valence-electron chi connectivity index (χ1n) is 16.6. The summed E-state index contributed by atoms with van der Waals surface area (Å²) in [5.41, 5.74) is 8.99. The van der Waals surface area contributed by atoms with Crippen LogP contribution in [0, 0.1) is 11.8 Å². The van der Waals surface area contributed by atoms with Crippen LogP contribution in [-0.2, 0) is 6.42 Å². The highest BCUT2D eigenvalue weighted by Crippen LogP contribution is 2.55. The number of para-hydroxylation sites is 1. The quantitative estimate of drug-likeness (QED) is 0.203. The van der Waals surface area contributed by atoms with Gasteiger partial charge in [0, 0.05) is 39.4 Å². The van der Waals surface area contributed by atoms with E-state index >= 15 is 0 Å². The van der Waals surface area contributed by atoms with Crippen LogP contribution in [0.3, 0.4) is 0 Å². The van der Waals surface area contributed by atoms with Crippen LogP contribution in [0.5, 0.6) is 0 Å². The molecule has 0 N–H and O–H groups in total. The number of hydrogen-bond donors (Lipinski definition) is 0. The molecule has 4 atom stereocenters. The molecule has 4 aromatic carbocycles. The Labute approximate surface area is 264 Å². The molecule has 4 aliphatic rings. The van der Waals surface area contributed by atoms with Gasteiger partial charge in [0.05, 0.1) is 5.52 Å². The number of hydrogen-bond acceptors (Lipinski definition) is 3. The molecule has 0 saturated heterocycles. The second-order valence-electron chi connectivity index (χ2n) is 13.1. The molecule has 2 bridgehead atoms. The molecule has 3 fully saturated rings. The summed E-state index contributed by atoms with van der Waals surface area (Å²) in [5, 5.41) is 1.35. The van der Waals surface area contributed by atoms with Gasteiger partial charge in [-0.3, -0.25) is 0 Å². The van der Waals surface area contributed by atoms with Gasteiger partial charge in [0.2, 0.25) is 0 Å². The molecule has 4 nitrogen and oxygen atoms in total. The van der Waals surface area contributed by atoms with Gasteiger partial charge in [0.25, 0.3) is 0 Å². The maximum absolute atomic E-state index is 5.14. The lowest BCUT2D eigenvalue weighted by atomic mass is 9.58. The van der Waals surface area contributed by atoms with Crippen LogP contribution in [0.15, 0.2) is 115 Å². The number of nitrogens with zero attached hydrogens (tertiary/aromatic N) is 4. The summed E-state index contributed by atoms with van der Waals surface area (Å²) in [6, 6.07) is 39.1. The van der Waals surface area contributed by atoms with Crippen LogP contribution < -0.4 is 0 Å². The maximum atomic E-state index is 5.14. The monoisotopic (exact) mass is 584 g/mol. The fourth-order valence-electron chi connectivity index (χ4n) is 8.48. The van der Waals surface area contributed by atoms with E-state index in [1.54, 1.807) is 0 Å². The molecule has 10 rings (SSSR count). The fourth-order valence-corrected chi connectivity index (χ4v) is 8.48. The highest BCUT2D eigenvalue weighted by Gasteiger charge is 2.44. The first kappa shape index (κ1) is 26.6. The largest absolute Gasteiger partial charge is 0.313 e. The standard InChI is InChI=1S/C41H36N4/c1-3-11-28(12-4-1)39-42-40(29-13-5-2-6-14-29)44-41(43-39)36-26-30-19-20-31(36)25-35(30)27-21-23-32(24-22-27)45-37-17-9-7-15-33(37)34-16-8-10-18-38(34)45/h1-9,11-17,21-24,30-31,35-36H,10,18-20,25-26H2. The molecule has 2 aromatic heterocycles. The first-order chi connectivity index (χ1) is 22.3. The van der Waals surface area contributed by atoms with E-state index in [0.717, 1.165) is 47.9 Å². The molecule has 0 aliphatic heterocycles. The normalized spacial score (nSPS) is 22.0. The number of allylic oxidation sites excluding steroid dienone is 1. The first-order valence-corrected chi connectivity index (χ1v) is 16.6. The van der Waals surface area contributed by atoms with Crippen LogP contribution >= 0.6 is 0 Å². The summed E-state index contributed by atoms with van der Waals surface area (Å²) in [5.74, 6) is 4.74. The van der Waals surface area contributed by atoms with E-state index in [4.69, 9.17) is 15.0 Å². The van der Waals surface area contributed by atoms with Gasteiger partial charge in [0.15, 0.2) is 11.6 Å². The predicted molar refractivity (Wildman–Crippen MR) is 182 cm³/mol. The second kappa shape index (κ2) is 11.0. The molecular weight excluding hydrogens is 548 g/mol. The van der Waals surface area contributed by atoms with Crippen molar-refractivity contribution in [3.05, 3.63) is 138 Å². The van der Waals surface area contributed by atoms with Crippen molar-refractivity contribution in [2.45, 2.75) is 50.4 Å². The van der Waals surface area contributed by atoms with Crippen molar-refractivity contribution in [2.75, 3.05) is 0 Å². The molecule has 0 spiro atoms. The zero-order valence-corrected chi connectivity index (χ0v) is 25.4. The average molecular weight is 585 g/mol. The van der Waals surface area contributed by atoms with Crippen molar-refractivity contribution in [1.82, 2.24) is 19.5 Å². The van der Waals surface area contributed by atoms with E-state index in [-0.39, 0.29) is 0 Å². The van der Waals surface area contributed by atoms with Gasteiger partial charge >= 0.3 is 0 Å². The minimum Gasteiger partial charge on any atom is -0.313 e. The van der Waals surface area contributed by atoms with E-state index < -0.39 is 0 Å². The lowest BCUT2D eigenvalue weighted by Gasteiger charge is -2.47. The minimum atomic E-state index is 0.373. The van der Waals surface area contributed by atoms with Crippen LogP contribution in [0.2, 0.25) is 0 Å². The Hall–Kier alpha value is -4.83. The van der Waals surface area contributed by atoms with Crippen LogP contribution in [0.1, 0.15) is 66.6 Å².